The van der Waals surface area contributed by atoms with Gasteiger partial charge in [-0.15, -0.1) is 12.4 Å². The van der Waals surface area contributed by atoms with E-state index >= 15 is 0 Å². The molecule has 1 saturated heterocycles. The average molecular weight is 502 g/mol. The van der Waals surface area contributed by atoms with Crippen molar-refractivity contribution in [3.05, 3.63) is 71.2 Å². The van der Waals surface area contributed by atoms with Gasteiger partial charge in [0.25, 0.3) is 5.91 Å². The lowest BCUT2D eigenvalue weighted by molar-refractivity contribution is 0.0376. The topological polar surface area (TPSA) is 45.7 Å². The molecule has 5 rings (SSSR count). The average Bonchev–Trinajstić information content (AvgIpc) is 3.27. The zero-order chi connectivity index (χ0) is 21.9. The molecule has 172 valence electrons. The molecule has 0 bridgehead atoms. The maximum atomic E-state index is 13.7. The van der Waals surface area contributed by atoms with Crippen LogP contribution in [0.25, 0.3) is 21.0 Å². The molecule has 5 nitrogen and oxygen atoms in total. The summed E-state index contributed by atoms with van der Waals surface area (Å²) in [5.41, 5.74) is 1.42. The van der Waals surface area contributed by atoms with Gasteiger partial charge in [-0.1, -0.05) is 59.3 Å². The highest BCUT2D eigenvalue weighted by atomic mass is 35.5. The Balaban J connectivity index is 0.00000259. The number of thiazole rings is 1. The summed E-state index contributed by atoms with van der Waals surface area (Å²) in [6, 6.07) is 19.7. The van der Waals surface area contributed by atoms with Crippen molar-refractivity contribution < 1.29 is 9.53 Å². The van der Waals surface area contributed by atoms with E-state index in [-0.39, 0.29) is 18.3 Å². The number of nitrogens with zero attached hydrogens (tertiary/aromatic N) is 3. The molecule has 0 radical (unpaired) electrons. The summed E-state index contributed by atoms with van der Waals surface area (Å²) in [4.78, 5) is 22.6. The van der Waals surface area contributed by atoms with Gasteiger partial charge in [0.05, 0.1) is 22.9 Å². The number of fused-ring (bicyclic) bond motifs is 2. The third kappa shape index (κ3) is 5.31. The highest BCUT2D eigenvalue weighted by molar-refractivity contribution is 7.22. The number of amides is 1. The minimum absolute atomic E-state index is 0. The van der Waals surface area contributed by atoms with Gasteiger partial charge in [-0.2, -0.15) is 0 Å². The van der Waals surface area contributed by atoms with E-state index in [4.69, 9.17) is 21.3 Å². The highest BCUT2D eigenvalue weighted by Crippen LogP contribution is 2.33. The van der Waals surface area contributed by atoms with Crippen LogP contribution in [0.4, 0.5) is 5.13 Å². The Morgan fingerprint density at radius 2 is 1.85 bits per heavy atom. The summed E-state index contributed by atoms with van der Waals surface area (Å²) < 4.78 is 6.43. The first-order chi connectivity index (χ1) is 15.7. The summed E-state index contributed by atoms with van der Waals surface area (Å²) in [7, 11) is 0. The fourth-order valence-electron chi connectivity index (χ4n) is 4.06. The summed E-state index contributed by atoms with van der Waals surface area (Å²) in [5.74, 6) is -0.0343. The highest BCUT2D eigenvalue weighted by Gasteiger charge is 2.22. The van der Waals surface area contributed by atoms with Gasteiger partial charge >= 0.3 is 0 Å². The molecular formula is C25H25Cl2N3O2S. The van der Waals surface area contributed by atoms with E-state index in [0.717, 1.165) is 60.3 Å². The molecule has 33 heavy (non-hydrogen) atoms. The molecule has 1 fully saturated rings. The molecule has 0 N–H and O–H groups in total. The number of ether oxygens (including phenoxy) is 1. The van der Waals surface area contributed by atoms with E-state index in [1.54, 1.807) is 0 Å². The number of rotatable bonds is 6. The SMILES string of the molecule is Cl.O=C(c1ccc2ccccc2c1)N(CCCN1CCOCC1)c1nc2c(Cl)cccc2s1. The normalized spacial score (nSPS) is 14.3. The number of para-hydroxylation sites is 1. The van der Waals surface area contributed by atoms with Gasteiger partial charge in [0.1, 0.15) is 5.52 Å². The number of hydrogen-bond acceptors (Lipinski definition) is 5. The molecule has 3 aromatic carbocycles. The molecule has 1 aromatic heterocycles. The molecular weight excluding hydrogens is 477 g/mol. The second kappa shape index (κ2) is 10.8. The van der Waals surface area contributed by atoms with Crippen molar-refractivity contribution in [1.29, 1.82) is 0 Å². The first-order valence-corrected chi connectivity index (χ1v) is 12.0. The number of carbonyl (C=O) groups is 1. The zero-order valence-electron chi connectivity index (χ0n) is 18.1. The van der Waals surface area contributed by atoms with Gasteiger partial charge in [-0.25, -0.2) is 4.98 Å². The number of hydrogen-bond donors (Lipinski definition) is 0. The Morgan fingerprint density at radius 1 is 1.06 bits per heavy atom. The predicted molar refractivity (Wildman–Crippen MR) is 139 cm³/mol. The van der Waals surface area contributed by atoms with Crippen molar-refractivity contribution in [2.45, 2.75) is 6.42 Å². The lowest BCUT2D eigenvalue weighted by Crippen LogP contribution is -2.39. The summed E-state index contributed by atoms with van der Waals surface area (Å²) in [6.45, 7) is 4.95. The largest absolute Gasteiger partial charge is 0.379 e. The predicted octanol–water partition coefficient (Wildman–Crippen LogP) is 5.89. The van der Waals surface area contributed by atoms with Gasteiger partial charge in [0, 0.05) is 31.7 Å². The van der Waals surface area contributed by atoms with Crippen LogP contribution in [0.15, 0.2) is 60.7 Å². The van der Waals surface area contributed by atoms with Crippen molar-refractivity contribution in [2.75, 3.05) is 44.3 Å². The standard InChI is InChI=1S/C25H24ClN3O2S.ClH/c26-21-7-3-8-22-23(21)27-25(32-22)29(12-4-11-28-13-15-31-16-14-28)24(30)20-10-9-18-5-1-2-6-19(18)17-20;/h1-3,5-10,17H,4,11-16H2;1H. The van der Waals surface area contributed by atoms with Crippen molar-refractivity contribution in [3.8, 4) is 0 Å². The number of aromatic nitrogens is 1. The van der Waals surface area contributed by atoms with E-state index in [1.165, 1.54) is 11.3 Å². The van der Waals surface area contributed by atoms with Crippen molar-refractivity contribution >= 4 is 67.4 Å². The lowest BCUT2D eigenvalue weighted by atomic mass is 10.1. The molecule has 1 aliphatic rings. The third-order valence-corrected chi connectivity index (χ3v) is 7.14. The second-order valence-electron chi connectivity index (χ2n) is 7.91. The van der Waals surface area contributed by atoms with E-state index in [1.807, 2.05) is 59.5 Å². The summed E-state index contributed by atoms with van der Waals surface area (Å²) in [5, 5.41) is 3.47. The molecule has 1 aliphatic heterocycles. The van der Waals surface area contributed by atoms with E-state index in [0.29, 0.717) is 22.3 Å². The van der Waals surface area contributed by atoms with Crippen LogP contribution in [0, 0.1) is 0 Å². The van der Waals surface area contributed by atoms with Gasteiger partial charge in [-0.3, -0.25) is 14.6 Å². The van der Waals surface area contributed by atoms with Crippen molar-refractivity contribution in [2.24, 2.45) is 0 Å². The Labute approximate surface area is 208 Å². The monoisotopic (exact) mass is 501 g/mol. The minimum atomic E-state index is -0.0343. The van der Waals surface area contributed by atoms with Crippen LogP contribution in [0.3, 0.4) is 0 Å². The number of carbonyl (C=O) groups excluding carboxylic acids is 1. The fraction of sp³-hybridized carbons (Fsp3) is 0.280. The number of halogens is 2. The van der Waals surface area contributed by atoms with Gasteiger partial charge in [-0.05, 0) is 41.5 Å². The first-order valence-electron chi connectivity index (χ1n) is 10.8. The third-order valence-electron chi connectivity index (χ3n) is 5.79. The molecule has 0 unspecified atom stereocenters. The minimum Gasteiger partial charge on any atom is -0.379 e. The quantitative estimate of drug-likeness (QED) is 0.330. The van der Waals surface area contributed by atoms with Crippen LogP contribution in [-0.4, -0.2) is 55.2 Å². The first kappa shape index (κ1) is 23.9. The van der Waals surface area contributed by atoms with Crippen molar-refractivity contribution in [1.82, 2.24) is 9.88 Å². The smallest absolute Gasteiger partial charge is 0.260 e. The maximum Gasteiger partial charge on any atom is 0.260 e. The fourth-order valence-corrected chi connectivity index (χ4v) is 5.35. The Bertz CT molecular complexity index is 1260. The maximum absolute atomic E-state index is 13.7. The van der Waals surface area contributed by atoms with Crippen LogP contribution < -0.4 is 4.90 Å². The molecule has 8 heteroatoms. The lowest BCUT2D eigenvalue weighted by Gasteiger charge is -2.27. The molecule has 4 aromatic rings. The molecule has 0 saturated carbocycles. The van der Waals surface area contributed by atoms with Crippen LogP contribution in [-0.2, 0) is 4.74 Å². The summed E-state index contributed by atoms with van der Waals surface area (Å²) in [6.07, 6.45) is 0.864. The van der Waals surface area contributed by atoms with E-state index < -0.39 is 0 Å². The van der Waals surface area contributed by atoms with Crippen LogP contribution in [0.5, 0.6) is 0 Å². The Hall–Kier alpha value is -2.22. The van der Waals surface area contributed by atoms with E-state index in [9.17, 15) is 4.79 Å². The zero-order valence-corrected chi connectivity index (χ0v) is 20.5. The van der Waals surface area contributed by atoms with Crippen molar-refractivity contribution in [3.63, 3.8) is 0 Å². The van der Waals surface area contributed by atoms with Gasteiger partial charge in [0.2, 0.25) is 0 Å². The molecule has 1 amide bonds. The molecule has 0 spiro atoms. The van der Waals surface area contributed by atoms with Crippen LogP contribution >= 0.6 is 35.3 Å². The van der Waals surface area contributed by atoms with Gasteiger partial charge < -0.3 is 4.74 Å². The number of morpholine rings is 1. The molecule has 2 heterocycles. The summed E-state index contributed by atoms with van der Waals surface area (Å²) >= 11 is 7.87. The molecule has 0 atom stereocenters. The number of benzene rings is 3. The molecule has 0 aliphatic carbocycles. The Kier molecular flexibility index (Phi) is 7.83. The van der Waals surface area contributed by atoms with Crippen LogP contribution in [0.2, 0.25) is 5.02 Å². The second-order valence-corrected chi connectivity index (χ2v) is 9.33. The Morgan fingerprint density at radius 3 is 2.64 bits per heavy atom. The van der Waals surface area contributed by atoms with Gasteiger partial charge in [0.15, 0.2) is 5.13 Å². The number of anilines is 1. The van der Waals surface area contributed by atoms with Crippen LogP contribution in [0.1, 0.15) is 16.8 Å². The van der Waals surface area contributed by atoms with E-state index in [2.05, 4.69) is 11.0 Å².